The number of anilines is 1. The van der Waals surface area contributed by atoms with Crippen LogP contribution in [-0.2, 0) is 33.6 Å². The minimum absolute atomic E-state index is 0. The Kier molecular flexibility index (Phi) is 12.3. The first kappa shape index (κ1) is 33.4. The molecule has 2 aromatic heterocycles. The molecule has 0 aromatic carbocycles. The number of oxime groups is 1. The SMILES string of the molecule is Cc1nnc(SCC2=C(C(=O)[O-])N3C(=O)C(NC(=O)C(=NOCC(=O)NNC=O)c4csc(NC=O)n4)[C@@H]3SC2)s1.[Na+]. The van der Waals surface area contributed by atoms with Crippen molar-refractivity contribution in [2.75, 3.05) is 23.4 Å². The van der Waals surface area contributed by atoms with Gasteiger partial charge in [-0.1, -0.05) is 28.3 Å². The molecule has 0 radical (unpaired) electrons. The number of aliphatic carboxylic acids is 1. The molecule has 4 rings (SSSR count). The molecule has 5 amide bonds. The number of rotatable bonds is 14. The molecule has 0 saturated carbocycles. The van der Waals surface area contributed by atoms with E-state index in [-0.39, 0.29) is 64.0 Å². The number of carboxylic acids is 1. The third kappa shape index (κ3) is 7.85. The van der Waals surface area contributed by atoms with E-state index in [4.69, 9.17) is 4.84 Å². The summed E-state index contributed by atoms with van der Waals surface area (Å²) in [6.07, 6.45) is 0.605. The minimum Gasteiger partial charge on any atom is -0.543 e. The van der Waals surface area contributed by atoms with E-state index in [0.29, 0.717) is 16.3 Å². The number of carboxylic acid groups (broad SMARTS) is 1. The minimum atomic E-state index is -1.52. The third-order valence-electron chi connectivity index (χ3n) is 5.17. The van der Waals surface area contributed by atoms with E-state index in [9.17, 15) is 33.9 Å². The van der Waals surface area contributed by atoms with Gasteiger partial charge in [-0.2, -0.15) is 0 Å². The van der Waals surface area contributed by atoms with Crippen molar-refractivity contribution in [1.29, 1.82) is 0 Å². The average molecular weight is 664 g/mol. The van der Waals surface area contributed by atoms with Crippen molar-refractivity contribution < 1.29 is 68.3 Å². The van der Waals surface area contributed by atoms with Crippen LogP contribution in [0.15, 0.2) is 26.1 Å². The second kappa shape index (κ2) is 15.4. The normalized spacial score (nSPS) is 17.7. The fraction of sp³-hybridized carbons (Fsp3) is 0.300. The molecule has 216 valence electrons. The molecule has 2 aliphatic heterocycles. The smallest absolute Gasteiger partial charge is 0.543 e. The van der Waals surface area contributed by atoms with E-state index in [2.05, 4.69) is 31.0 Å². The molecule has 1 saturated heterocycles. The van der Waals surface area contributed by atoms with Crippen LogP contribution in [0.3, 0.4) is 0 Å². The number of carbonyl (C=O) groups excluding carboxylic acids is 6. The van der Waals surface area contributed by atoms with Gasteiger partial charge in [-0.3, -0.25) is 39.7 Å². The van der Waals surface area contributed by atoms with Crippen LogP contribution >= 0.6 is 46.2 Å². The predicted molar refractivity (Wildman–Crippen MR) is 144 cm³/mol. The van der Waals surface area contributed by atoms with Gasteiger partial charge < -0.3 is 25.4 Å². The van der Waals surface area contributed by atoms with E-state index in [1.54, 1.807) is 6.92 Å². The van der Waals surface area contributed by atoms with Crippen molar-refractivity contribution in [2.45, 2.75) is 22.7 Å². The number of hydrogen-bond acceptors (Lipinski definition) is 16. The number of nitrogens with zero attached hydrogens (tertiary/aromatic N) is 5. The fourth-order valence-electron chi connectivity index (χ4n) is 3.48. The number of hydrazine groups is 1. The molecule has 4 N–H and O–H groups in total. The molecular weight excluding hydrogens is 646 g/mol. The van der Waals surface area contributed by atoms with Gasteiger partial charge in [0, 0.05) is 16.9 Å². The van der Waals surface area contributed by atoms with Crippen LogP contribution in [0.1, 0.15) is 10.7 Å². The molecule has 0 spiro atoms. The number of aryl methyl sites for hydroxylation is 1. The van der Waals surface area contributed by atoms with Gasteiger partial charge in [0.15, 0.2) is 21.8 Å². The molecule has 0 bridgehead atoms. The Morgan fingerprint density at radius 2 is 2.07 bits per heavy atom. The topological polar surface area (TPSA) is 237 Å². The number of thiazole rings is 1. The molecule has 22 heteroatoms. The molecular formula is C20H18N9NaO8S4. The van der Waals surface area contributed by atoms with Gasteiger partial charge in [0.05, 0.1) is 11.7 Å². The molecule has 42 heavy (non-hydrogen) atoms. The van der Waals surface area contributed by atoms with E-state index in [0.717, 1.165) is 21.2 Å². The Morgan fingerprint density at radius 3 is 2.74 bits per heavy atom. The second-order valence-electron chi connectivity index (χ2n) is 7.80. The molecule has 17 nitrogen and oxygen atoms in total. The van der Waals surface area contributed by atoms with E-state index < -0.39 is 47.4 Å². The van der Waals surface area contributed by atoms with Gasteiger partial charge in [0.25, 0.3) is 17.7 Å². The monoisotopic (exact) mass is 663 g/mol. The van der Waals surface area contributed by atoms with Gasteiger partial charge in [-0.15, -0.1) is 33.3 Å². The van der Waals surface area contributed by atoms with Crippen molar-refractivity contribution in [3.8, 4) is 0 Å². The maximum Gasteiger partial charge on any atom is 1.00 e. The zero-order valence-corrected chi connectivity index (χ0v) is 26.9. The summed E-state index contributed by atoms with van der Waals surface area (Å²) in [5, 5.41) is 30.0. The van der Waals surface area contributed by atoms with E-state index in [1.165, 1.54) is 40.2 Å². The van der Waals surface area contributed by atoms with Crippen molar-refractivity contribution in [3.05, 3.63) is 27.4 Å². The quantitative estimate of drug-likeness (QED) is 0.0369. The van der Waals surface area contributed by atoms with Crippen LogP contribution in [0.4, 0.5) is 5.13 Å². The number of thioether (sulfide) groups is 2. The van der Waals surface area contributed by atoms with Crippen LogP contribution in [0.25, 0.3) is 0 Å². The Labute approximate surface area is 274 Å². The molecule has 2 aromatic rings. The number of fused-ring (bicyclic) bond motifs is 1. The van der Waals surface area contributed by atoms with Gasteiger partial charge >= 0.3 is 29.6 Å². The molecule has 0 aliphatic carbocycles. The largest absolute Gasteiger partial charge is 1.00 e. The summed E-state index contributed by atoms with van der Waals surface area (Å²) < 4.78 is 0.653. The summed E-state index contributed by atoms with van der Waals surface area (Å²) >= 11 is 4.88. The summed E-state index contributed by atoms with van der Waals surface area (Å²) in [4.78, 5) is 81.0. The summed E-state index contributed by atoms with van der Waals surface area (Å²) in [5.74, 6) is -3.38. The van der Waals surface area contributed by atoms with Gasteiger partial charge in [0.2, 0.25) is 12.8 Å². The first-order chi connectivity index (χ1) is 19.7. The van der Waals surface area contributed by atoms with E-state index >= 15 is 0 Å². The molecule has 1 fully saturated rings. The zero-order valence-electron chi connectivity index (χ0n) is 21.6. The summed E-state index contributed by atoms with van der Waals surface area (Å²) in [6, 6.07) is -1.11. The first-order valence-electron chi connectivity index (χ1n) is 11.2. The van der Waals surface area contributed by atoms with Gasteiger partial charge in [-0.05, 0) is 12.5 Å². The predicted octanol–water partition coefficient (Wildman–Crippen LogP) is -5.43. The Balaban J connectivity index is 0.00000484. The standard InChI is InChI=1S/C20H19N9O8S4.Na/c1-8-25-27-20(41-8)40-4-9-3-38-17-13(16(34)29(17)14(9)18(35)36)24-15(33)12(10-5-39-19(23-10)21-6-30)28-37-2-11(32)26-22-7-31;/h5-7,13,17H,2-4H2,1H3,(H,22,31)(H,24,33)(H,26,32)(H,35,36)(H,21,23,30);/q;+1/p-1/t13?,17-;/m0./s1. The maximum atomic E-state index is 13.2. The van der Waals surface area contributed by atoms with Crippen LogP contribution in [-0.4, -0.2) is 91.8 Å². The Hall–Kier alpha value is -3.08. The van der Waals surface area contributed by atoms with E-state index in [1.807, 2.05) is 10.9 Å². The van der Waals surface area contributed by atoms with Gasteiger partial charge in [-0.25, -0.2) is 4.98 Å². The Bertz CT molecular complexity index is 1450. The number of nitrogens with one attached hydrogen (secondary N) is 4. The number of carbonyl (C=O) groups is 6. The zero-order chi connectivity index (χ0) is 29.5. The van der Waals surface area contributed by atoms with Crippen LogP contribution in [0.5, 0.6) is 0 Å². The first-order valence-corrected chi connectivity index (χ1v) is 14.9. The number of amides is 5. The molecule has 1 unspecified atom stereocenters. The average Bonchev–Trinajstić information content (AvgIpc) is 3.59. The second-order valence-corrected chi connectivity index (χ2v) is 12.2. The van der Waals surface area contributed by atoms with Crippen molar-refractivity contribution in [1.82, 2.24) is 36.2 Å². The summed E-state index contributed by atoms with van der Waals surface area (Å²) in [6.45, 7) is 1.11. The summed E-state index contributed by atoms with van der Waals surface area (Å²) in [7, 11) is 0. The van der Waals surface area contributed by atoms with Crippen LogP contribution in [0, 0.1) is 6.92 Å². The number of β-lactam (4-membered cyclic amide) rings is 1. The number of aromatic nitrogens is 3. The molecule has 2 atom stereocenters. The van der Waals surface area contributed by atoms with Crippen LogP contribution < -0.4 is 56.1 Å². The Morgan fingerprint density at radius 1 is 1.29 bits per heavy atom. The number of hydrogen-bond donors (Lipinski definition) is 4. The molecule has 2 aliphatic rings. The summed E-state index contributed by atoms with van der Waals surface area (Å²) in [5.41, 5.74) is 3.66. The van der Waals surface area contributed by atoms with Crippen molar-refractivity contribution >= 4 is 93.6 Å². The fourth-order valence-corrected chi connectivity index (χ4v) is 7.44. The van der Waals surface area contributed by atoms with Crippen molar-refractivity contribution in [2.24, 2.45) is 5.16 Å². The van der Waals surface area contributed by atoms with Gasteiger partial charge in [0.1, 0.15) is 22.1 Å². The van der Waals surface area contributed by atoms with Crippen LogP contribution in [0.2, 0.25) is 0 Å². The third-order valence-corrected chi connectivity index (χ3v) is 9.34. The maximum absolute atomic E-state index is 13.2. The molecule has 4 heterocycles. The van der Waals surface area contributed by atoms with Crippen molar-refractivity contribution in [3.63, 3.8) is 0 Å².